The fourth-order valence-corrected chi connectivity index (χ4v) is 3.40. The molecule has 2 N–H and O–H groups in total. The van der Waals surface area contributed by atoms with Crippen LogP contribution in [-0.2, 0) is 6.42 Å². The molecule has 0 spiro atoms. The molecular formula is C15H16BrN3O2S. The number of imide groups is 1. The van der Waals surface area contributed by atoms with Crippen molar-refractivity contribution < 1.29 is 9.59 Å². The lowest BCUT2D eigenvalue weighted by molar-refractivity contribution is 0.0652. The minimum absolute atomic E-state index is 0. The zero-order chi connectivity index (χ0) is 15.0. The van der Waals surface area contributed by atoms with E-state index in [0.29, 0.717) is 29.2 Å². The van der Waals surface area contributed by atoms with Crippen LogP contribution in [0.3, 0.4) is 0 Å². The summed E-state index contributed by atoms with van der Waals surface area (Å²) in [4.78, 5) is 31.0. The van der Waals surface area contributed by atoms with Gasteiger partial charge in [0.2, 0.25) is 0 Å². The van der Waals surface area contributed by atoms with E-state index in [9.17, 15) is 9.59 Å². The lowest BCUT2D eigenvalue weighted by Crippen LogP contribution is -2.30. The van der Waals surface area contributed by atoms with Gasteiger partial charge in [-0.3, -0.25) is 14.5 Å². The molecule has 2 heterocycles. The van der Waals surface area contributed by atoms with Crippen LogP contribution in [0.15, 0.2) is 24.3 Å². The average Bonchev–Trinajstić information content (AvgIpc) is 2.91. The van der Waals surface area contributed by atoms with Gasteiger partial charge in [-0.25, -0.2) is 4.98 Å². The van der Waals surface area contributed by atoms with Crippen molar-refractivity contribution >= 4 is 45.3 Å². The van der Waals surface area contributed by atoms with Crippen LogP contribution in [-0.4, -0.2) is 28.2 Å². The number of fused-ring (bicyclic) bond motifs is 1. The predicted octanol–water partition coefficient (Wildman–Crippen LogP) is 2.84. The van der Waals surface area contributed by atoms with E-state index in [-0.39, 0.29) is 28.8 Å². The first-order valence-electron chi connectivity index (χ1n) is 6.75. The Hall–Kier alpha value is -1.73. The zero-order valence-corrected chi connectivity index (χ0v) is 14.6. The minimum atomic E-state index is -0.198. The maximum absolute atomic E-state index is 12.2. The van der Waals surface area contributed by atoms with Crippen molar-refractivity contribution in [2.24, 2.45) is 0 Å². The minimum Gasteiger partial charge on any atom is -0.375 e. The van der Waals surface area contributed by atoms with E-state index in [1.807, 2.05) is 6.92 Å². The third-order valence-corrected chi connectivity index (χ3v) is 4.62. The van der Waals surface area contributed by atoms with Crippen LogP contribution >= 0.6 is 28.3 Å². The zero-order valence-electron chi connectivity index (χ0n) is 12.0. The summed E-state index contributed by atoms with van der Waals surface area (Å²) in [6, 6.07) is 6.95. The van der Waals surface area contributed by atoms with Crippen molar-refractivity contribution in [2.75, 3.05) is 12.3 Å². The van der Waals surface area contributed by atoms with Gasteiger partial charge in [0.05, 0.1) is 16.8 Å². The summed E-state index contributed by atoms with van der Waals surface area (Å²) in [5.74, 6) is -0.396. The summed E-state index contributed by atoms with van der Waals surface area (Å²) >= 11 is 1.46. The number of halogens is 1. The van der Waals surface area contributed by atoms with E-state index in [2.05, 4.69) is 4.98 Å². The van der Waals surface area contributed by atoms with Crippen LogP contribution in [0.25, 0.3) is 0 Å². The third-order valence-electron chi connectivity index (χ3n) is 3.57. The Kier molecular flexibility index (Phi) is 4.97. The lowest BCUT2D eigenvalue weighted by Gasteiger charge is -2.13. The number of amides is 2. The SMILES string of the molecule is Br.Cc1nc(N)sc1CCCN1C(=O)c2ccccc2C1=O. The van der Waals surface area contributed by atoms with Crippen molar-refractivity contribution in [3.8, 4) is 0 Å². The van der Waals surface area contributed by atoms with Gasteiger partial charge in [-0.1, -0.05) is 12.1 Å². The predicted molar refractivity (Wildman–Crippen MR) is 91.7 cm³/mol. The number of anilines is 1. The summed E-state index contributed by atoms with van der Waals surface area (Å²) in [5.41, 5.74) is 7.60. The van der Waals surface area contributed by atoms with Crippen molar-refractivity contribution in [1.29, 1.82) is 0 Å². The molecule has 7 heteroatoms. The molecule has 116 valence electrons. The van der Waals surface area contributed by atoms with Gasteiger partial charge < -0.3 is 5.73 Å². The topological polar surface area (TPSA) is 76.3 Å². The molecule has 22 heavy (non-hydrogen) atoms. The van der Waals surface area contributed by atoms with Crippen LogP contribution in [0.2, 0.25) is 0 Å². The van der Waals surface area contributed by atoms with Gasteiger partial charge >= 0.3 is 0 Å². The number of aromatic nitrogens is 1. The molecule has 3 rings (SSSR count). The summed E-state index contributed by atoms with van der Waals surface area (Å²) < 4.78 is 0. The molecular weight excluding hydrogens is 366 g/mol. The molecule has 0 fully saturated rings. The van der Waals surface area contributed by atoms with Gasteiger partial charge in [0, 0.05) is 11.4 Å². The van der Waals surface area contributed by atoms with Crippen molar-refractivity contribution in [2.45, 2.75) is 19.8 Å². The number of nitrogen functional groups attached to an aromatic ring is 1. The number of carbonyl (C=O) groups excluding carboxylic acids is 2. The highest BCUT2D eigenvalue weighted by Crippen LogP contribution is 2.24. The fourth-order valence-electron chi connectivity index (χ4n) is 2.52. The molecule has 5 nitrogen and oxygen atoms in total. The molecule has 0 saturated heterocycles. The lowest BCUT2D eigenvalue weighted by atomic mass is 10.1. The molecule has 0 bridgehead atoms. The number of nitrogens with zero attached hydrogens (tertiary/aromatic N) is 2. The van der Waals surface area contributed by atoms with Gasteiger partial charge in [-0.15, -0.1) is 28.3 Å². The number of hydrogen-bond acceptors (Lipinski definition) is 5. The molecule has 1 aliphatic rings. The van der Waals surface area contributed by atoms with E-state index in [0.717, 1.165) is 17.0 Å². The van der Waals surface area contributed by atoms with Gasteiger partial charge in [0.15, 0.2) is 5.13 Å². The Morgan fingerprint density at radius 3 is 2.27 bits per heavy atom. The number of benzene rings is 1. The number of nitrogens with two attached hydrogens (primary N) is 1. The highest BCUT2D eigenvalue weighted by atomic mass is 79.9. The first-order valence-corrected chi connectivity index (χ1v) is 7.56. The molecule has 0 atom stereocenters. The largest absolute Gasteiger partial charge is 0.375 e. The quantitative estimate of drug-likeness (QED) is 0.825. The van der Waals surface area contributed by atoms with Crippen LogP contribution in [0.1, 0.15) is 37.7 Å². The van der Waals surface area contributed by atoms with E-state index < -0.39 is 0 Å². The van der Waals surface area contributed by atoms with E-state index >= 15 is 0 Å². The maximum Gasteiger partial charge on any atom is 0.261 e. The van der Waals surface area contributed by atoms with Crippen LogP contribution in [0.4, 0.5) is 5.13 Å². The van der Waals surface area contributed by atoms with Gasteiger partial charge in [0.25, 0.3) is 11.8 Å². The number of hydrogen-bond donors (Lipinski definition) is 1. The number of aryl methyl sites for hydroxylation is 2. The second-order valence-corrected chi connectivity index (χ2v) is 6.09. The Balaban J connectivity index is 0.00000176. The standard InChI is InChI=1S/C15H15N3O2S.BrH/c1-9-12(21-15(16)17-9)7-4-8-18-13(19)10-5-2-3-6-11(10)14(18)20;/h2-3,5-6H,4,7-8H2,1H3,(H2,16,17);1H. The van der Waals surface area contributed by atoms with Crippen molar-refractivity contribution in [3.63, 3.8) is 0 Å². The smallest absolute Gasteiger partial charge is 0.261 e. The average molecular weight is 382 g/mol. The Bertz CT molecular complexity index is 694. The normalized spacial score (nSPS) is 13.2. The Labute approximate surface area is 142 Å². The van der Waals surface area contributed by atoms with Crippen LogP contribution < -0.4 is 5.73 Å². The highest BCUT2D eigenvalue weighted by molar-refractivity contribution is 8.93. The van der Waals surface area contributed by atoms with Crippen molar-refractivity contribution in [1.82, 2.24) is 9.88 Å². The van der Waals surface area contributed by atoms with Crippen LogP contribution in [0.5, 0.6) is 0 Å². The second kappa shape index (κ2) is 6.58. The van der Waals surface area contributed by atoms with Gasteiger partial charge in [-0.2, -0.15) is 0 Å². The molecule has 0 saturated carbocycles. The molecule has 0 radical (unpaired) electrons. The van der Waals surface area contributed by atoms with E-state index in [1.54, 1.807) is 24.3 Å². The van der Waals surface area contributed by atoms with Crippen LogP contribution in [0, 0.1) is 6.92 Å². The summed E-state index contributed by atoms with van der Waals surface area (Å²) in [5, 5.41) is 0.559. The van der Waals surface area contributed by atoms with E-state index in [4.69, 9.17) is 5.73 Å². The molecule has 1 aromatic carbocycles. The molecule has 0 unspecified atom stereocenters. The first-order chi connectivity index (χ1) is 10.1. The van der Waals surface area contributed by atoms with Gasteiger partial charge in [0.1, 0.15) is 0 Å². The monoisotopic (exact) mass is 381 g/mol. The number of rotatable bonds is 4. The molecule has 0 aliphatic carbocycles. The van der Waals surface area contributed by atoms with Crippen molar-refractivity contribution in [3.05, 3.63) is 46.0 Å². The van der Waals surface area contributed by atoms with E-state index in [1.165, 1.54) is 16.2 Å². The summed E-state index contributed by atoms with van der Waals surface area (Å²) in [6.45, 7) is 2.34. The number of thiazole rings is 1. The molecule has 1 aliphatic heterocycles. The Morgan fingerprint density at radius 1 is 1.18 bits per heavy atom. The maximum atomic E-state index is 12.2. The number of carbonyl (C=O) groups is 2. The fraction of sp³-hybridized carbons (Fsp3) is 0.267. The third kappa shape index (κ3) is 2.91. The highest BCUT2D eigenvalue weighted by Gasteiger charge is 2.34. The first kappa shape index (κ1) is 16.6. The summed E-state index contributed by atoms with van der Waals surface area (Å²) in [7, 11) is 0. The van der Waals surface area contributed by atoms with Gasteiger partial charge in [-0.05, 0) is 31.9 Å². The summed E-state index contributed by atoms with van der Waals surface area (Å²) in [6.07, 6.45) is 1.49. The molecule has 2 amide bonds. The second-order valence-electron chi connectivity index (χ2n) is 4.97. The molecule has 2 aromatic rings. The Morgan fingerprint density at radius 2 is 1.77 bits per heavy atom. The molecule has 1 aromatic heterocycles.